The molecule has 3 aromatic rings. The zero-order chi connectivity index (χ0) is 26.7. The number of carbonyl (C=O) groups excluding carboxylic acids is 1. The third kappa shape index (κ3) is 5.97. The summed E-state index contributed by atoms with van der Waals surface area (Å²) in [5.41, 5.74) is 1.18. The highest BCUT2D eigenvalue weighted by Gasteiger charge is 2.26. The zero-order valence-corrected chi connectivity index (χ0v) is 23.3. The van der Waals surface area contributed by atoms with Gasteiger partial charge in [-0.15, -0.1) is 6.58 Å². The van der Waals surface area contributed by atoms with Crippen LogP contribution in [-0.4, -0.2) is 49.5 Å². The highest BCUT2D eigenvalue weighted by molar-refractivity contribution is 7.89. The van der Waals surface area contributed by atoms with Gasteiger partial charge in [0, 0.05) is 37.3 Å². The van der Waals surface area contributed by atoms with Gasteiger partial charge in [0.25, 0.3) is 5.91 Å². The first kappa shape index (κ1) is 27.1. The molecule has 37 heavy (non-hydrogen) atoms. The fourth-order valence-corrected chi connectivity index (χ4v) is 6.97. The third-order valence-electron chi connectivity index (χ3n) is 5.73. The van der Waals surface area contributed by atoms with Crippen LogP contribution < -0.4 is 14.3 Å². The summed E-state index contributed by atoms with van der Waals surface area (Å²) >= 11 is 1.37. The van der Waals surface area contributed by atoms with Crippen LogP contribution in [0.1, 0.15) is 38.1 Å². The SMILES string of the molecule is C=CCn1c(=NC(=O)c2ccc(S(=O)(=O)N(CC(C)C)CC(C)C)cc2)sc2cc3c(cc21)OCCO3. The van der Waals surface area contributed by atoms with E-state index in [9.17, 15) is 13.2 Å². The molecule has 0 fully saturated rings. The fraction of sp³-hybridized carbons (Fsp3) is 0.407. The molecule has 0 unspecified atom stereocenters. The van der Waals surface area contributed by atoms with Crippen LogP contribution in [0.2, 0.25) is 0 Å². The molecule has 0 aliphatic carbocycles. The van der Waals surface area contributed by atoms with E-state index in [1.807, 2.05) is 44.4 Å². The summed E-state index contributed by atoms with van der Waals surface area (Å²) in [6.07, 6.45) is 1.74. The van der Waals surface area contributed by atoms with Crippen LogP contribution >= 0.6 is 11.3 Å². The van der Waals surface area contributed by atoms with Crippen LogP contribution in [0, 0.1) is 11.8 Å². The van der Waals surface area contributed by atoms with Crippen molar-refractivity contribution in [2.75, 3.05) is 26.3 Å². The summed E-state index contributed by atoms with van der Waals surface area (Å²) in [5.74, 6) is 1.27. The Morgan fingerprint density at radius 2 is 1.68 bits per heavy atom. The van der Waals surface area contributed by atoms with Crippen molar-refractivity contribution < 1.29 is 22.7 Å². The van der Waals surface area contributed by atoms with Crippen molar-refractivity contribution in [2.45, 2.75) is 39.1 Å². The number of allylic oxidation sites excluding steroid dienone is 1. The predicted octanol–water partition coefficient (Wildman–Crippen LogP) is 4.70. The van der Waals surface area contributed by atoms with Gasteiger partial charge in [-0.25, -0.2) is 8.42 Å². The lowest BCUT2D eigenvalue weighted by atomic mass is 10.2. The molecule has 8 nitrogen and oxygen atoms in total. The monoisotopic (exact) mass is 543 g/mol. The molecule has 2 aromatic carbocycles. The van der Waals surface area contributed by atoms with E-state index in [2.05, 4.69) is 11.6 Å². The van der Waals surface area contributed by atoms with Crippen LogP contribution in [0.15, 0.2) is 58.9 Å². The minimum Gasteiger partial charge on any atom is -0.486 e. The van der Waals surface area contributed by atoms with E-state index in [0.717, 1.165) is 10.2 Å². The average Bonchev–Trinajstić information content (AvgIpc) is 3.17. The Morgan fingerprint density at radius 1 is 1.08 bits per heavy atom. The molecule has 1 aliphatic heterocycles. The van der Waals surface area contributed by atoms with Gasteiger partial charge in [0.2, 0.25) is 10.0 Å². The van der Waals surface area contributed by atoms with Crippen LogP contribution in [-0.2, 0) is 16.6 Å². The first-order valence-corrected chi connectivity index (χ1v) is 14.6. The minimum absolute atomic E-state index is 0.166. The van der Waals surface area contributed by atoms with Gasteiger partial charge >= 0.3 is 0 Å². The summed E-state index contributed by atoms with van der Waals surface area (Å²) in [4.78, 5) is 18.1. The average molecular weight is 544 g/mol. The number of sulfonamides is 1. The number of amides is 1. The second-order valence-electron chi connectivity index (χ2n) is 9.80. The Hall–Kier alpha value is -2.95. The number of ether oxygens (including phenoxy) is 2. The highest BCUT2D eigenvalue weighted by atomic mass is 32.2. The second kappa shape index (κ2) is 11.2. The van der Waals surface area contributed by atoms with Crippen molar-refractivity contribution in [1.29, 1.82) is 0 Å². The summed E-state index contributed by atoms with van der Waals surface area (Å²) in [7, 11) is -3.68. The summed E-state index contributed by atoms with van der Waals surface area (Å²) in [6, 6.07) is 9.80. The smallest absolute Gasteiger partial charge is 0.279 e. The molecular formula is C27H33N3O5S2. The number of rotatable bonds is 9. The molecule has 0 N–H and O–H groups in total. The zero-order valence-electron chi connectivity index (χ0n) is 21.6. The van der Waals surface area contributed by atoms with Gasteiger partial charge in [-0.1, -0.05) is 45.1 Å². The molecule has 0 bridgehead atoms. The maximum Gasteiger partial charge on any atom is 0.279 e. The van der Waals surface area contributed by atoms with Gasteiger partial charge in [0.15, 0.2) is 16.3 Å². The molecule has 1 aromatic heterocycles. The molecule has 198 valence electrons. The van der Waals surface area contributed by atoms with Crippen LogP contribution in [0.5, 0.6) is 11.5 Å². The third-order valence-corrected chi connectivity index (χ3v) is 8.62. The summed E-state index contributed by atoms with van der Waals surface area (Å²) in [5, 5.41) is 0. The number of carbonyl (C=O) groups is 1. The Balaban J connectivity index is 1.66. The Kier molecular flexibility index (Phi) is 8.20. The van der Waals surface area contributed by atoms with E-state index >= 15 is 0 Å². The van der Waals surface area contributed by atoms with Gasteiger partial charge in [-0.3, -0.25) is 4.79 Å². The topological polar surface area (TPSA) is 90.2 Å². The summed E-state index contributed by atoms with van der Waals surface area (Å²) < 4.78 is 42.3. The van der Waals surface area contributed by atoms with Crippen LogP contribution in [0.3, 0.4) is 0 Å². The Bertz CT molecular complexity index is 1460. The maximum atomic E-state index is 13.3. The van der Waals surface area contributed by atoms with E-state index in [-0.39, 0.29) is 16.7 Å². The number of aromatic nitrogens is 1. The first-order chi connectivity index (χ1) is 17.6. The van der Waals surface area contributed by atoms with Crippen molar-refractivity contribution >= 4 is 37.5 Å². The van der Waals surface area contributed by atoms with Crippen molar-refractivity contribution in [3.8, 4) is 11.5 Å². The molecule has 2 heterocycles. The molecule has 0 saturated carbocycles. The quantitative estimate of drug-likeness (QED) is 0.365. The number of hydrogen-bond donors (Lipinski definition) is 0. The lowest BCUT2D eigenvalue weighted by Crippen LogP contribution is -2.37. The maximum absolute atomic E-state index is 13.3. The van der Waals surface area contributed by atoms with Crippen molar-refractivity contribution in [1.82, 2.24) is 8.87 Å². The molecule has 10 heteroatoms. The molecule has 0 spiro atoms. The van der Waals surface area contributed by atoms with E-state index in [0.29, 0.717) is 54.7 Å². The molecule has 0 atom stereocenters. The second-order valence-corrected chi connectivity index (χ2v) is 12.7. The molecule has 0 radical (unpaired) electrons. The highest BCUT2D eigenvalue weighted by Crippen LogP contribution is 2.35. The lowest BCUT2D eigenvalue weighted by Gasteiger charge is -2.25. The normalized spacial score (nSPS) is 14.2. The van der Waals surface area contributed by atoms with Crippen molar-refractivity contribution in [2.24, 2.45) is 16.8 Å². The fourth-order valence-electron chi connectivity index (χ4n) is 4.15. The van der Waals surface area contributed by atoms with Gasteiger partial charge in [-0.05, 0) is 36.1 Å². The van der Waals surface area contributed by atoms with Gasteiger partial charge in [0.05, 0.1) is 15.1 Å². The Morgan fingerprint density at radius 3 is 2.24 bits per heavy atom. The molecule has 0 saturated heterocycles. The standard InChI is InChI=1S/C27H33N3O5S2/c1-6-11-30-22-14-23-24(35-13-12-34-23)15-25(22)36-27(30)28-26(31)20-7-9-21(10-8-20)37(32,33)29(16-18(2)3)17-19(4)5/h6-10,14-15,18-19H,1,11-13,16-17H2,2-5H3. The molecular weight excluding hydrogens is 510 g/mol. The number of nitrogens with zero attached hydrogens (tertiary/aromatic N) is 3. The van der Waals surface area contributed by atoms with Gasteiger partial charge in [-0.2, -0.15) is 9.30 Å². The van der Waals surface area contributed by atoms with Crippen LogP contribution in [0.25, 0.3) is 10.2 Å². The molecule has 1 amide bonds. The van der Waals surface area contributed by atoms with E-state index < -0.39 is 15.9 Å². The Labute approximate surface area is 221 Å². The number of fused-ring (bicyclic) bond motifs is 2. The first-order valence-electron chi connectivity index (χ1n) is 12.3. The van der Waals surface area contributed by atoms with Crippen molar-refractivity contribution in [3.05, 3.63) is 59.4 Å². The molecule has 4 rings (SSSR count). The number of benzene rings is 2. The van der Waals surface area contributed by atoms with Crippen LogP contribution in [0.4, 0.5) is 0 Å². The summed E-state index contributed by atoms with van der Waals surface area (Å²) in [6.45, 7) is 14.1. The number of thiazole rings is 1. The predicted molar refractivity (Wildman–Crippen MR) is 146 cm³/mol. The lowest BCUT2D eigenvalue weighted by molar-refractivity contribution is 0.0997. The minimum atomic E-state index is -3.68. The molecule has 1 aliphatic rings. The largest absolute Gasteiger partial charge is 0.486 e. The van der Waals surface area contributed by atoms with E-state index in [1.165, 1.54) is 39.9 Å². The van der Waals surface area contributed by atoms with Gasteiger partial charge < -0.3 is 14.0 Å². The number of hydrogen-bond acceptors (Lipinski definition) is 6. The van der Waals surface area contributed by atoms with E-state index in [4.69, 9.17) is 9.47 Å². The van der Waals surface area contributed by atoms with E-state index in [1.54, 1.807) is 6.08 Å². The van der Waals surface area contributed by atoms with Gasteiger partial charge in [0.1, 0.15) is 13.2 Å². The van der Waals surface area contributed by atoms with Crippen molar-refractivity contribution in [3.63, 3.8) is 0 Å².